The van der Waals surface area contributed by atoms with Crippen LogP contribution in [-0.4, -0.2) is 81.6 Å². The van der Waals surface area contributed by atoms with Gasteiger partial charge in [0.2, 0.25) is 0 Å². The number of pyridine rings is 2. The summed E-state index contributed by atoms with van der Waals surface area (Å²) in [6, 6.07) is 34.1. The third-order valence-corrected chi connectivity index (χ3v) is 16.8. The Morgan fingerprint density at radius 2 is 1.00 bits per heavy atom. The Balaban J connectivity index is 1.03. The van der Waals surface area contributed by atoms with E-state index in [1.54, 1.807) is 14.2 Å². The fraction of sp³-hybridized carbons (Fsp3) is 0.357. The molecule has 6 aliphatic rings. The Kier molecular flexibility index (Phi) is 10.3. The summed E-state index contributed by atoms with van der Waals surface area (Å²) in [6.07, 6.45) is 10.8. The molecule has 2 N–H and O–H groups in total. The summed E-state index contributed by atoms with van der Waals surface area (Å²) in [6.45, 7) is 14.3. The molecule has 64 heavy (non-hydrogen) atoms. The van der Waals surface area contributed by atoms with Gasteiger partial charge in [0, 0.05) is 71.8 Å². The molecule has 2 unspecified atom stereocenters. The molecule has 10 atom stereocenters. The maximum absolute atomic E-state index is 12.8. The van der Waals surface area contributed by atoms with Gasteiger partial charge in [-0.2, -0.15) is 0 Å². The van der Waals surface area contributed by atoms with E-state index in [1.807, 2.05) is 60.9 Å². The zero-order chi connectivity index (χ0) is 43.7. The molecule has 4 bridgehead atoms. The fourth-order valence-corrected chi connectivity index (χ4v) is 13.5. The number of aromatic nitrogens is 2. The Hall–Kier alpha value is -5.64. The van der Waals surface area contributed by atoms with Crippen molar-refractivity contribution in [3.05, 3.63) is 157 Å². The van der Waals surface area contributed by atoms with E-state index < -0.39 is 12.2 Å². The van der Waals surface area contributed by atoms with Crippen molar-refractivity contribution >= 4 is 43.4 Å². The number of fused-ring (bicyclic) bond motifs is 10. The number of hydrogen-bond acceptors (Lipinski definition) is 6. The van der Waals surface area contributed by atoms with Crippen LogP contribution in [0.4, 0.5) is 0 Å². The number of hydrogen-bond donors (Lipinski definition) is 2. The van der Waals surface area contributed by atoms with Crippen LogP contribution in [0.5, 0.6) is 11.5 Å². The summed E-state index contributed by atoms with van der Waals surface area (Å²) in [4.78, 5) is 9.36. The minimum atomic E-state index is -0.680. The molecule has 0 spiro atoms. The second kappa shape index (κ2) is 16.1. The Bertz CT molecular complexity index is 2700. The lowest BCUT2D eigenvalue weighted by atomic mass is 9.70. The first kappa shape index (κ1) is 41.1. The van der Waals surface area contributed by atoms with E-state index in [2.05, 4.69) is 83.8 Å². The number of rotatable bonds is 12. The predicted octanol–water partition coefficient (Wildman–Crippen LogP) is 10.4. The second-order valence-corrected chi connectivity index (χ2v) is 19.6. The lowest BCUT2D eigenvalue weighted by Gasteiger charge is -2.58. The van der Waals surface area contributed by atoms with E-state index >= 15 is 0 Å². The maximum atomic E-state index is 12.8. The standard InChI is InChI=1S/C56H60N4O4/c1-5-35-31-59(25-21-37(35)27-53(59)55(61)45-19-23-57-51-17-15-39(63-3)29-47(45)51)33-49-41-11-7-9-13-43(41)50(44-14-10-8-12-42(44)49)34-60-26-22-38(36(6-2)32-60)28-54(60)56(62)46-20-24-58-52-18-16-40(64-4)30-48(46)52/h5-20,23-24,29-30,35-38,53-56,61-62H,1-2,21-22,25-28,31-34H2,3-4H3/q+2/t35-,36-,37-,38-,53+,54+,55-,56-,59?,60?/m0/s1. The van der Waals surface area contributed by atoms with E-state index in [-0.39, 0.29) is 12.1 Å². The summed E-state index contributed by atoms with van der Waals surface area (Å²) in [5.74, 6) is 3.29. The van der Waals surface area contributed by atoms with Crippen LogP contribution in [0.15, 0.2) is 135 Å². The monoisotopic (exact) mass is 852 g/mol. The highest BCUT2D eigenvalue weighted by Gasteiger charge is 2.56. The van der Waals surface area contributed by atoms with Crippen LogP contribution < -0.4 is 9.47 Å². The van der Waals surface area contributed by atoms with E-state index in [0.717, 1.165) is 118 Å². The van der Waals surface area contributed by atoms with E-state index in [9.17, 15) is 10.2 Å². The van der Waals surface area contributed by atoms with Crippen molar-refractivity contribution in [3.8, 4) is 11.5 Å². The predicted molar refractivity (Wildman–Crippen MR) is 256 cm³/mol. The highest BCUT2D eigenvalue weighted by molar-refractivity contribution is 6.05. The number of methoxy groups -OCH3 is 2. The SMILES string of the molecule is C=C[C@H]1C[N+]2(Cc3c4ccccc4c(C[N+]45CC[C@@H](C[C@@H]4[C@@H](O)c4ccnc6ccc(OC)cc46)[C@@H](C=C)C5)c4ccccc34)CC[C@H]1C[C@@H]2[C@@H](O)c1ccnc2ccc(OC)cc12. The Morgan fingerprint density at radius 3 is 1.38 bits per heavy atom. The summed E-state index contributed by atoms with van der Waals surface area (Å²) in [5, 5.41) is 32.6. The quantitative estimate of drug-likeness (QED) is 0.0724. The van der Waals surface area contributed by atoms with Gasteiger partial charge >= 0.3 is 0 Å². The van der Waals surface area contributed by atoms with Gasteiger partial charge in [-0.3, -0.25) is 9.97 Å². The van der Waals surface area contributed by atoms with Gasteiger partial charge in [-0.05, 0) is 93.0 Å². The maximum Gasteiger partial charge on any atom is 0.131 e. The van der Waals surface area contributed by atoms with Crippen molar-refractivity contribution in [2.24, 2.45) is 23.7 Å². The van der Waals surface area contributed by atoms with Crippen LogP contribution in [0.3, 0.4) is 0 Å². The summed E-state index contributed by atoms with van der Waals surface area (Å²) in [5.41, 5.74) is 6.28. The van der Waals surface area contributed by atoms with Crippen LogP contribution in [0.1, 0.15) is 60.1 Å². The lowest BCUT2D eigenvalue weighted by molar-refractivity contribution is -0.984. The largest absolute Gasteiger partial charge is 0.497 e. The van der Waals surface area contributed by atoms with Gasteiger partial charge in [0.05, 0.1) is 51.4 Å². The van der Waals surface area contributed by atoms with Crippen molar-refractivity contribution in [1.29, 1.82) is 0 Å². The van der Waals surface area contributed by atoms with Crippen LogP contribution in [0, 0.1) is 23.7 Å². The van der Waals surface area contributed by atoms with Crippen LogP contribution in [0.25, 0.3) is 43.4 Å². The average molecular weight is 853 g/mol. The first-order valence-electron chi connectivity index (χ1n) is 23.4. The fourth-order valence-electron chi connectivity index (χ4n) is 13.5. The zero-order valence-electron chi connectivity index (χ0n) is 37.2. The molecule has 7 aromatic rings. The van der Waals surface area contributed by atoms with E-state index in [1.165, 1.54) is 32.7 Å². The molecular formula is C56H60N4O4+2. The number of ether oxygens (including phenoxy) is 2. The minimum Gasteiger partial charge on any atom is -0.497 e. The van der Waals surface area contributed by atoms with Crippen molar-refractivity contribution in [3.63, 3.8) is 0 Å². The van der Waals surface area contributed by atoms with E-state index in [0.29, 0.717) is 23.7 Å². The van der Waals surface area contributed by atoms with Gasteiger partial charge in [0.25, 0.3) is 0 Å². The third-order valence-electron chi connectivity index (χ3n) is 16.8. The molecule has 6 aliphatic heterocycles. The van der Waals surface area contributed by atoms with Crippen molar-refractivity contribution in [2.75, 3.05) is 40.4 Å². The van der Waals surface area contributed by atoms with Gasteiger partial charge in [-0.25, -0.2) is 0 Å². The molecular weight excluding hydrogens is 793 g/mol. The van der Waals surface area contributed by atoms with Gasteiger partial charge in [0.1, 0.15) is 48.9 Å². The van der Waals surface area contributed by atoms with Crippen LogP contribution in [0.2, 0.25) is 0 Å². The second-order valence-electron chi connectivity index (χ2n) is 19.6. The molecule has 2 aromatic heterocycles. The molecule has 0 radical (unpaired) electrons. The van der Waals surface area contributed by atoms with Crippen molar-refractivity contribution < 1.29 is 28.7 Å². The van der Waals surface area contributed by atoms with Gasteiger partial charge in [-0.15, -0.1) is 13.2 Å². The average Bonchev–Trinajstić information content (AvgIpc) is 3.36. The molecule has 8 heteroatoms. The first-order valence-corrected chi connectivity index (χ1v) is 23.4. The molecule has 0 aliphatic carbocycles. The summed E-state index contributed by atoms with van der Waals surface area (Å²) >= 11 is 0. The molecule has 6 saturated heterocycles. The van der Waals surface area contributed by atoms with Crippen LogP contribution >= 0.6 is 0 Å². The molecule has 8 heterocycles. The Labute approximate surface area is 376 Å². The lowest BCUT2D eigenvalue weighted by Crippen LogP contribution is -2.67. The highest BCUT2D eigenvalue weighted by Crippen LogP contribution is 2.52. The number of quaternary nitrogens is 2. The number of piperidine rings is 6. The Morgan fingerprint density at radius 1 is 0.594 bits per heavy atom. The third kappa shape index (κ3) is 6.55. The molecule has 5 aromatic carbocycles. The van der Waals surface area contributed by atoms with Crippen LogP contribution in [-0.2, 0) is 13.1 Å². The van der Waals surface area contributed by atoms with E-state index in [4.69, 9.17) is 9.47 Å². The molecule has 0 saturated carbocycles. The number of aliphatic hydroxyl groups excluding tert-OH is 2. The molecule has 0 amide bonds. The molecule has 13 rings (SSSR count). The molecule has 6 fully saturated rings. The normalized spacial score (nSPS) is 28.4. The van der Waals surface area contributed by atoms with Gasteiger partial charge in [0.15, 0.2) is 0 Å². The number of aliphatic hydroxyl groups is 2. The first-order chi connectivity index (χ1) is 31.3. The summed E-state index contributed by atoms with van der Waals surface area (Å²) in [7, 11) is 3.38. The number of nitrogens with zero attached hydrogens (tertiary/aromatic N) is 4. The van der Waals surface area contributed by atoms with Gasteiger partial charge in [-0.1, -0.05) is 60.7 Å². The minimum absolute atomic E-state index is 0.000695. The van der Waals surface area contributed by atoms with Gasteiger partial charge < -0.3 is 28.7 Å². The topological polar surface area (TPSA) is 84.7 Å². The smallest absolute Gasteiger partial charge is 0.131 e. The molecule has 326 valence electrons. The summed E-state index contributed by atoms with van der Waals surface area (Å²) < 4.78 is 12.9. The number of benzene rings is 5. The van der Waals surface area contributed by atoms with Crippen molar-refractivity contribution in [2.45, 2.75) is 63.1 Å². The highest BCUT2D eigenvalue weighted by atomic mass is 16.5. The molecule has 8 nitrogen and oxygen atoms in total. The zero-order valence-corrected chi connectivity index (χ0v) is 37.2. The van der Waals surface area contributed by atoms with Crippen molar-refractivity contribution in [1.82, 2.24) is 9.97 Å².